The molecule has 0 fully saturated rings. The fraction of sp³-hybridized carbons (Fsp3) is 0.174. The number of hydrogen-bond acceptors (Lipinski definition) is 9. The van der Waals surface area contributed by atoms with E-state index in [4.69, 9.17) is 20.8 Å². The summed E-state index contributed by atoms with van der Waals surface area (Å²) in [5.41, 5.74) is 2.60. The molecule has 0 spiro atoms. The number of non-ortho nitro benzene ring substituents is 1. The predicted molar refractivity (Wildman–Crippen MR) is 129 cm³/mol. The number of para-hydroxylation sites is 1. The number of furan rings is 1. The van der Waals surface area contributed by atoms with E-state index >= 15 is 0 Å². The molecule has 0 saturated carbocycles. The van der Waals surface area contributed by atoms with E-state index < -0.39 is 11.2 Å². The van der Waals surface area contributed by atoms with Gasteiger partial charge in [0.15, 0.2) is 11.5 Å². The Bertz CT molecular complexity index is 1380. The van der Waals surface area contributed by atoms with Gasteiger partial charge >= 0.3 is 0 Å². The molecule has 1 aliphatic heterocycles. The van der Waals surface area contributed by atoms with Crippen molar-refractivity contribution in [2.45, 2.75) is 24.7 Å². The lowest BCUT2D eigenvalue weighted by Gasteiger charge is -2.16. The summed E-state index contributed by atoms with van der Waals surface area (Å²) in [5, 5.41) is 23.7. The molecule has 1 unspecified atom stereocenters. The van der Waals surface area contributed by atoms with E-state index in [9.17, 15) is 10.1 Å². The summed E-state index contributed by atoms with van der Waals surface area (Å²) in [4.78, 5) is 15.1. The molecule has 3 heterocycles. The number of halogens is 1. The van der Waals surface area contributed by atoms with E-state index in [1.807, 2.05) is 24.3 Å². The molecular weight excluding hydrogens is 478 g/mol. The van der Waals surface area contributed by atoms with Gasteiger partial charge < -0.3 is 14.5 Å². The van der Waals surface area contributed by atoms with Gasteiger partial charge in [-0.1, -0.05) is 48.5 Å². The summed E-state index contributed by atoms with van der Waals surface area (Å²) in [6.45, 7) is 2.09. The first kappa shape index (κ1) is 22.2. The summed E-state index contributed by atoms with van der Waals surface area (Å²) in [7, 11) is 0. The Balaban J connectivity index is 1.51. The SMILES string of the molecule is CCCSc1nnc2c(n1)OC(c1ccc(-c3ccc([N+](=O)[O-])cc3Cl)o1)Nc1ccccc1-2. The number of aromatic nitrogens is 3. The fourth-order valence-electron chi connectivity index (χ4n) is 3.49. The lowest BCUT2D eigenvalue weighted by Crippen LogP contribution is -2.16. The number of benzene rings is 2. The molecule has 0 aliphatic carbocycles. The molecule has 0 radical (unpaired) electrons. The number of anilines is 1. The number of nitro groups is 1. The van der Waals surface area contributed by atoms with Crippen LogP contribution in [0, 0.1) is 10.1 Å². The highest BCUT2D eigenvalue weighted by atomic mass is 35.5. The van der Waals surface area contributed by atoms with Crippen molar-refractivity contribution < 1.29 is 14.1 Å². The summed E-state index contributed by atoms with van der Waals surface area (Å²) >= 11 is 7.80. The average molecular weight is 496 g/mol. The van der Waals surface area contributed by atoms with E-state index in [1.54, 1.807) is 18.2 Å². The second kappa shape index (κ2) is 9.32. The van der Waals surface area contributed by atoms with Gasteiger partial charge in [-0.15, -0.1) is 10.2 Å². The Hall–Kier alpha value is -3.63. The zero-order chi connectivity index (χ0) is 23.7. The fourth-order valence-corrected chi connectivity index (χ4v) is 4.39. The summed E-state index contributed by atoms with van der Waals surface area (Å²) in [6.07, 6.45) is 0.285. The highest BCUT2D eigenvalue weighted by Gasteiger charge is 2.28. The molecule has 0 saturated heterocycles. The molecule has 172 valence electrons. The lowest BCUT2D eigenvalue weighted by atomic mass is 10.1. The van der Waals surface area contributed by atoms with E-state index in [0.717, 1.165) is 23.4 Å². The Kier molecular flexibility index (Phi) is 6.08. The minimum atomic E-state index is -0.700. The first-order valence-corrected chi connectivity index (χ1v) is 11.8. The van der Waals surface area contributed by atoms with Crippen molar-refractivity contribution >= 4 is 34.7 Å². The van der Waals surface area contributed by atoms with Crippen molar-refractivity contribution in [1.29, 1.82) is 0 Å². The van der Waals surface area contributed by atoms with Gasteiger partial charge in [0.05, 0.1) is 9.95 Å². The van der Waals surface area contributed by atoms with Crippen molar-refractivity contribution in [3.63, 3.8) is 0 Å². The van der Waals surface area contributed by atoms with Crippen LogP contribution in [-0.2, 0) is 0 Å². The molecule has 1 aliphatic rings. The third-order valence-corrected chi connectivity index (χ3v) is 6.44. The molecule has 11 heteroatoms. The van der Waals surface area contributed by atoms with Crippen LogP contribution in [0.5, 0.6) is 5.88 Å². The maximum absolute atomic E-state index is 11.0. The molecule has 1 atom stereocenters. The average Bonchev–Trinajstić information content (AvgIpc) is 3.26. The first-order chi connectivity index (χ1) is 16.5. The Morgan fingerprint density at radius 1 is 1.15 bits per heavy atom. The van der Waals surface area contributed by atoms with Gasteiger partial charge in [0.2, 0.25) is 17.3 Å². The van der Waals surface area contributed by atoms with Crippen molar-refractivity contribution in [3.05, 3.63) is 75.5 Å². The third-order valence-electron chi connectivity index (χ3n) is 5.08. The van der Waals surface area contributed by atoms with Gasteiger partial charge in [0.1, 0.15) is 5.76 Å². The van der Waals surface area contributed by atoms with Crippen molar-refractivity contribution in [2.75, 3.05) is 11.1 Å². The van der Waals surface area contributed by atoms with Crippen molar-refractivity contribution in [2.24, 2.45) is 0 Å². The van der Waals surface area contributed by atoms with Gasteiger partial charge in [-0.05, 0) is 30.7 Å². The number of fused-ring (bicyclic) bond motifs is 3. The zero-order valence-electron chi connectivity index (χ0n) is 17.9. The van der Waals surface area contributed by atoms with Crippen LogP contribution in [0.4, 0.5) is 11.4 Å². The quantitative estimate of drug-likeness (QED) is 0.185. The Morgan fingerprint density at radius 3 is 2.79 bits per heavy atom. The smallest absolute Gasteiger partial charge is 0.270 e. The van der Waals surface area contributed by atoms with E-state index in [0.29, 0.717) is 33.8 Å². The number of nitrogens with zero attached hydrogens (tertiary/aromatic N) is 4. The molecule has 9 nitrogen and oxygen atoms in total. The van der Waals surface area contributed by atoms with Gasteiger partial charge in [-0.3, -0.25) is 10.1 Å². The molecular formula is C23H18ClN5O4S. The lowest BCUT2D eigenvalue weighted by molar-refractivity contribution is -0.384. The molecule has 0 bridgehead atoms. The molecule has 5 rings (SSSR count). The van der Waals surface area contributed by atoms with Gasteiger partial charge in [-0.25, -0.2) is 0 Å². The van der Waals surface area contributed by atoms with Crippen LogP contribution in [0.25, 0.3) is 22.6 Å². The van der Waals surface area contributed by atoms with Gasteiger partial charge in [0.25, 0.3) is 5.69 Å². The monoisotopic (exact) mass is 495 g/mol. The molecule has 4 aromatic rings. The molecule has 2 aromatic carbocycles. The minimum absolute atomic E-state index is 0.0913. The maximum atomic E-state index is 11.0. The number of ether oxygens (including phenoxy) is 1. The van der Waals surface area contributed by atoms with Crippen LogP contribution in [-0.4, -0.2) is 25.9 Å². The van der Waals surface area contributed by atoms with Crippen LogP contribution in [0.1, 0.15) is 25.3 Å². The van der Waals surface area contributed by atoms with Gasteiger partial charge in [-0.2, -0.15) is 4.98 Å². The first-order valence-electron chi connectivity index (χ1n) is 10.5. The number of rotatable bonds is 6. The van der Waals surface area contributed by atoms with Crippen LogP contribution in [0.3, 0.4) is 0 Å². The predicted octanol–water partition coefficient (Wildman–Crippen LogP) is 6.37. The van der Waals surface area contributed by atoms with Gasteiger partial charge in [0, 0.05) is 34.7 Å². The summed E-state index contributed by atoms with van der Waals surface area (Å²) in [6, 6.07) is 15.4. The molecule has 2 aromatic heterocycles. The molecule has 1 N–H and O–H groups in total. The van der Waals surface area contributed by atoms with Crippen molar-refractivity contribution in [3.8, 4) is 28.5 Å². The Morgan fingerprint density at radius 2 is 2.00 bits per heavy atom. The second-order valence-electron chi connectivity index (χ2n) is 7.41. The number of nitrogens with one attached hydrogen (secondary N) is 1. The van der Waals surface area contributed by atoms with E-state index in [-0.39, 0.29) is 10.7 Å². The number of hydrogen-bond donors (Lipinski definition) is 1. The Labute approximate surface area is 203 Å². The zero-order valence-corrected chi connectivity index (χ0v) is 19.5. The van der Waals surface area contributed by atoms with Crippen molar-refractivity contribution in [1.82, 2.24) is 15.2 Å². The van der Waals surface area contributed by atoms with Crippen LogP contribution < -0.4 is 10.1 Å². The van der Waals surface area contributed by atoms with E-state index in [2.05, 4.69) is 27.4 Å². The standard InChI is InChI=1S/C23H18ClN5O4S/c1-2-11-34-23-26-22-20(27-28-23)15-5-3-4-6-17(15)25-21(33-22)19-10-9-18(32-19)14-8-7-13(29(30)31)12-16(14)24/h3-10,12,21,25H,2,11H2,1H3. The normalized spacial score (nSPS) is 14.4. The molecule has 34 heavy (non-hydrogen) atoms. The largest absolute Gasteiger partial charge is 0.455 e. The second-order valence-corrected chi connectivity index (χ2v) is 8.88. The minimum Gasteiger partial charge on any atom is -0.455 e. The topological polar surface area (TPSA) is 116 Å². The number of nitro benzene ring substituents is 1. The van der Waals surface area contributed by atoms with Crippen LogP contribution in [0.15, 0.2) is 64.2 Å². The molecule has 0 amide bonds. The third kappa shape index (κ3) is 4.29. The summed E-state index contributed by atoms with van der Waals surface area (Å²) in [5.74, 6) is 2.16. The van der Waals surface area contributed by atoms with Crippen LogP contribution >= 0.6 is 23.4 Å². The highest BCUT2D eigenvalue weighted by molar-refractivity contribution is 7.99. The van der Waals surface area contributed by atoms with Crippen LogP contribution in [0.2, 0.25) is 5.02 Å². The van der Waals surface area contributed by atoms with E-state index in [1.165, 1.54) is 23.9 Å². The highest BCUT2D eigenvalue weighted by Crippen LogP contribution is 2.41. The maximum Gasteiger partial charge on any atom is 0.270 e. The number of thioether (sulfide) groups is 1. The summed E-state index contributed by atoms with van der Waals surface area (Å²) < 4.78 is 12.3.